The SMILES string of the molecule is CC(C)(C)C1CCN([C@@H]2[C@@H](O)[C@H](Oc3cccc(F)c3)C[C@H]2NC(=O)c2cn(CCN)nn2)CC1. The first-order valence-corrected chi connectivity index (χ1v) is 12.4. The summed E-state index contributed by atoms with van der Waals surface area (Å²) in [7, 11) is 0. The number of aromatic nitrogens is 3. The highest BCUT2D eigenvalue weighted by Gasteiger charge is 2.48. The molecular formula is C25H37FN6O3. The van der Waals surface area contributed by atoms with Crippen LogP contribution in [0, 0.1) is 17.2 Å². The van der Waals surface area contributed by atoms with Crippen LogP contribution in [0.5, 0.6) is 5.75 Å². The zero-order valence-electron chi connectivity index (χ0n) is 20.7. The van der Waals surface area contributed by atoms with Gasteiger partial charge in [-0.15, -0.1) is 5.10 Å². The van der Waals surface area contributed by atoms with Crippen LogP contribution >= 0.6 is 0 Å². The largest absolute Gasteiger partial charge is 0.487 e. The first kappa shape index (κ1) is 25.5. The Labute approximate surface area is 205 Å². The third kappa shape index (κ3) is 5.99. The molecule has 0 unspecified atom stereocenters. The number of hydrogen-bond acceptors (Lipinski definition) is 7. The molecule has 1 aromatic heterocycles. The highest BCUT2D eigenvalue weighted by molar-refractivity contribution is 5.92. The van der Waals surface area contributed by atoms with Gasteiger partial charge in [0.1, 0.15) is 23.8 Å². The molecule has 1 aliphatic heterocycles. The van der Waals surface area contributed by atoms with E-state index in [1.807, 2.05) is 0 Å². The van der Waals surface area contributed by atoms with E-state index in [2.05, 4.69) is 41.3 Å². The van der Waals surface area contributed by atoms with Gasteiger partial charge >= 0.3 is 0 Å². The van der Waals surface area contributed by atoms with Gasteiger partial charge in [-0.25, -0.2) is 4.39 Å². The van der Waals surface area contributed by atoms with Gasteiger partial charge in [0.05, 0.1) is 24.8 Å². The molecule has 35 heavy (non-hydrogen) atoms. The fraction of sp³-hybridized carbons (Fsp3) is 0.640. The van der Waals surface area contributed by atoms with Crippen LogP contribution in [0.4, 0.5) is 4.39 Å². The van der Waals surface area contributed by atoms with Crippen molar-refractivity contribution in [1.29, 1.82) is 0 Å². The number of aliphatic hydroxyl groups excluding tert-OH is 1. The summed E-state index contributed by atoms with van der Waals surface area (Å²) in [6.45, 7) is 9.32. The van der Waals surface area contributed by atoms with Gasteiger partial charge in [0.15, 0.2) is 5.69 Å². The van der Waals surface area contributed by atoms with Gasteiger partial charge in [-0.2, -0.15) is 0 Å². The Morgan fingerprint density at radius 1 is 1.31 bits per heavy atom. The summed E-state index contributed by atoms with van der Waals surface area (Å²) >= 11 is 0. The molecule has 2 fully saturated rings. The van der Waals surface area contributed by atoms with Crippen molar-refractivity contribution < 1.29 is 19.0 Å². The van der Waals surface area contributed by atoms with Gasteiger partial charge in [0, 0.05) is 19.0 Å². The number of benzene rings is 1. The third-order valence-corrected chi connectivity index (χ3v) is 7.33. The molecule has 4 N–H and O–H groups in total. The number of amides is 1. The predicted molar refractivity (Wildman–Crippen MR) is 129 cm³/mol. The lowest BCUT2D eigenvalue weighted by Gasteiger charge is -2.43. The molecule has 10 heteroatoms. The van der Waals surface area contributed by atoms with Crippen LogP contribution in [0.15, 0.2) is 30.5 Å². The average molecular weight is 489 g/mol. The van der Waals surface area contributed by atoms with Crippen molar-refractivity contribution in [1.82, 2.24) is 25.2 Å². The molecule has 0 spiro atoms. The Bertz CT molecular complexity index is 1000. The molecule has 2 heterocycles. The third-order valence-electron chi connectivity index (χ3n) is 7.33. The van der Waals surface area contributed by atoms with Gasteiger partial charge in [-0.1, -0.05) is 32.1 Å². The topological polar surface area (TPSA) is 119 Å². The Hall–Kier alpha value is -2.56. The second kappa shape index (κ2) is 10.6. The number of hydrogen-bond donors (Lipinski definition) is 3. The maximum absolute atomic E-state index is 13.7. The minimum Gasteiger partial charge on any atom is -0.487 e. The number of carbonyl (C=O) groups excluding carboxylic acids is 1. The van der Waals surface area contributed by atoms with E-state index in [4.69, 9.17) is 10.5 Å². The van der Waals surface area contributed by atoms with E-state index in [-0.39, 0.29) is 29.1 Å². The Morgan fingerprint density at radius 3 is 2.71 bits per heavy atom. The van der Waals surface area contributed by atoms with Crippen molar-refractivity contribution in [2.75, 3.05) is 19.6 Å². The van der Waals surface area contributed by atoms with Crippen molar-refractivity contribution >= 4 is 5.91 Å². The van der Waals surface area contributed by atoms with Gasteiger partial charge in [-0.05, 0) is 49.4 Å². The number of likely N-dealkylation sites (tertiary alicyclic amines) is 1. The van der Waals surface area contributed by atoms with Gasteiger partial charge in [0.2, 0.25) is 0 Å². The zero-order chi connectivity index (χ0) is 25.2. The Balaban J connectivity index is 1.50. The number of ether oxygens (including phenoxy) is 1. The minimum atomic E-state index is -0.845. The van der Waals surface area contributed by atoms with Crippen LogP contribution < -0.4 is 15.8 Å². The molecule has 2 aliphatic rings. The first-order chi connectivity index (χ1) is 16.7. The monoisotopic (exact) mass is 488 g/mol. The molecule has 1 amide bonds. The number of halogens is 1. The van der Waals surface area contributed by atoms with Crippen LogP contribution in [0.1, 0.15) is 50.5 Å². The lowest BCUT2D eigenvalue weighted by molar-refractivity contribution is -0.0108. The van der Waals surface area contributed by atoms with E-state index in [1.165, 1.54) is 16.8 Å². The Kier molecular flexibility index (Phi) is 7.73. The number of nitrogens with one attached hydrogen (secondary N) is 1. The summed E-state index contributed by atoms with van der Waals surface area (Å²) in [5.74, 6) is 0.200. The summed E-state index contributed by atoms with van der Waals surface area (Å²) in [6.07, 6.45) is 2.58. The summed E-state index contributed by atoms with van der Waals surface area (Å²) in [6, 6.07) is 5.21. The van der Waals surface area contributed by atoms with E-state index >= 15 is 0 Å². The molecule has 0 radical (unpaired) electrons. The second-order valence-electron chi connectivity index (χ2n) is 10.7. The van der Waals surface area contributed by atoms with Crippen LogP contribution in [0.25, 0.3) is 0 Å². The van der Waals surface area contributed by atoms with E-state index in [9.17, 15) is 14.3 Å². The van der Waals surface area contributed by atoms with E-state index in [0.29, 0.717) is 31.2 Å². The number of nitrogens with two attached hydrogens (primary N) is 1. The smallest absolute Gasteiger partial charge is 0.273 e. The van der Waals surface area contributed by atoms with E-state index in [0.717, 1.165) is 25.9 Å². The molecule has 0 bridgehead atoms. The van der Waals surface area contributed by atoms with Crippen LogP contribution in [0.2, 0.25) is 0 Å². The van der Waals surface area contributed by atoms with Crippen LogP contribution in [-0.2, 0) is 6.54 Å². The highest BCUT2D eigenvalue weighted by Crippen LogP contribution is 2.37. The lowest BCUT2D eigenvalue weighted by atomic mass is 9.75. The van der Waals surface area contributed by atoms with Gasteiger partial charge in [0.25, 0.3) is 5.91 Å². The summed E-state index contributed by atoms with van der Waals surface area (Å²) in [4.78, 5) is 15.3. The molecule has 4 atom stereocenters. The maximum atomic E-state index is 13.7. The molecule has 9 nitrogen and oxygen atoms in total. The minimum absolute atomic E-state index is 0.202. The molecule has 2 aromatic rings. The molecule has 1 aromatic carbocycles. The first-order valence-electron chi connectivity index (χ1n) is 12.4. The maximum Gasteiger partial charge on any atom is 0.273 e. The molecule has 192 valence electrons. The highest BCUT2D eigenvalue weighted by atomic mass is 19.1. The van der Waals surface area contributed by atoms with Crippen LogP contribution in [0.3, 0.4) is 0 Å². The lowest BCUT2D eigenvalue weighted by Crippen LogP contribution is -2.56. The molecule has 1 aliphatic carbocycles. The standard InChI is InChI=1S/C25H37FN6O3/c1-25(2,3)16-7-10-31(11-8-16)22-19(28-24(34)20-15-32(12-9-27)30-29-20)14-21(23(22)33)35-18-6-4-5-17(26)13-18/h4-6,13,15-16,19,21-23,33H,7-12,14,27H2,1-3H3,(H,28,34)/t19-,21-,22+,23+/m1/s1. The van der Waals surface area contributed by atoms with Gasteiger partial charge < -0.3 is 20.9 Å². The zero-order valence-corrected chi connectivity index (χ0v) is 20.7. The van der Waals surface area contributed by atoms with Crippen molar-refractivity contribution in [3.8, 4) is 5.75 Å². The Morgan fingerprint density at radius 2 is 2.06 bits per heavy atom. The van der Waals surface area contributed by atoms with Crippen molar-refractivity contribution in [2.24, 2.45) is 17.1 Å². The average Bonchev–Trinajstić information content (AvgIpc) is 3.38. The quantitative estimate of drug-likeness (QED) is 0.544. The molecular weight excluding hydrogens is 451 g/mol. The molecule has 1 saturated heterocycles. The number of carbonyl (C=O) groups is 1. The number of rotatable bonds is 7. The predicted octanol–water partition coefficient (Wildman–Crippen LogP) is 1.81. The number of nitrogens with zero attached hydrogens (tertiary/aromatic N) is 4. The summed E-state index contributed by atoms with van der Waals surface area (Å²) in [5.41, 5.74) is 5.99. The summed E-state index contributed by atoms with van der Waals surface area (Å²) in [5, 5.41) is 22.3. The van der Waals surface area contributed by atoms with Crippen LogP contribution in [-0.4, -0.2) is 74.8 Å². The second-order valence-corrected chi connectivity index (χ2v) is 10.7. The fourth-order valence-electron chi connectivity index (χ4n) is 5.38. The summed E-state index contributed by atoms with van der Waals surface area (Å²) < 4.78 is 21.2. The van der Waals surface area contributed by atoms with Gasteiger partial charge in [-0.3, -0.25) is 14.4 Å². The molecule has 1 saturated carbocycles. The van der Waals surface area contributed by atoms with Crippen molar-refractivity contribution in [2.45, 2.75) is 70.9 Å². The van der Waals surface area contributed by atoms with Crippen molar-refractivity contribution in [3.63, 3.8) is 0 Å². The van der Waals surface area contributed by atoms with E-state index in [1.54, 1.807) is 18.3 Å². The normalized spacial score (nSPS) is 26.1. The fourth-order valence-corrected chi connectivity index (χ4v) is 5.38. The molecule has 4 rings (SSSR count). The van der Waals surface area contributed by atoms with Crippen molar-refractivity contribution in [3.05, 3.63) is 42.0 Å². The number of aliphatic hydroxyl groups is 1. The number of piperidine rings is 1. The van der Waals surface area contributed by atoms with E-state index < -0.39 is 18.0 Å².